The summed E-state index contributed by atoms with van der Waals surface area (Å²) in [7, 11) is 0. The first-order chi connectivity index (χ1) is 20.0. The average molecular weight is 577 g/mol. The van der Waals surface area contributed by atoms with Crippen molar-refractivity contribution in [1.82, 2.24) is 0 Å². The first-order valence-corrected chi connectivity index (χ1v) is 13.3. The molecule has 1 spiro atoms. The van der Waals surface area contributed by atoms with Gasteiger partial charge >= 0.3 is 0 Å². The minimum atomic E-state index is -2.26. The van der Waals surface area contributed by atoms with Crippen molar-refractivity contribution in [2.45, 2.75) is 55.1 Å². The van der Waals surface area contributed by atoms with Crippen LogP contribution in [0.4, 0.5) is 0 Å². The molecule has 0 aromatic heterocycles. The lowest BCUT2D eigenvalue weighted by Gasteiger charge is -2.53. The van der Waals surface area contributed by atoms with Crippen LogP contribution in [0.1, 0.15) is 34.8 Å². The number of carbonyl (C=O) groups is 1. The van der Waals surface area contributed by atoms with Crippen LogP contribution in [0, 0.1) is 0 Å². The molecule has 2 bridgehead atoms. The standard InChI is InChI=1S/C30H24O12/c31-12-4-17(33)13-7-23-28(39-21(13)5-12)29-10-30(38,42-23)24(37)8-15(29)25-22(41-29)9-18(34)14-6-20(36)26(40-27(14)25)11-1-2-16(32)19(35)3-11/h1-5,8-9,20,23,26,28,31-36,38H,6-7,10H2/t20-,23-,26+,28-,29?,30-/m0/s1. The smallest absolute Gasteiger partial charge is 0.235 e. The Bertz CT molecular complexity index is 1760. The van der Waals surface area contributed by atoms with Gasteiger partial charge in [0.2, 0.25) is 11.6 Å². The number of aliphatic hydroxyl groups is 2. The van der Waals surface area contributed by atoms with Gasteiger partial charge in [0.15, 0.2) is 23.2 Å². The first kappa shape index (κ1) is 25.1. The quantitative estimate of drug-likeness (QED) is 0.208. The van der Waals surface area contributed by atoms with Gasteiger partial charge in [-0.3, -0.25) is 4.79 Å². The van der Waals surface area contributed by atoms with E-state index in [4.69, 9.17) is 18.9 Å². The van der Waals surface area contributed by atoms with Gasteiger partial charge in [0, 0.05) is 47.7 Å². The Morgan fingerprint density at radius 3 is 2.40 bits per heavy atom. The van der Waals surface area contributed by atoms with Gasteiger partial charge in [0.1, 0.15) is 46.7 Å². The van der Waals surface area contributed by atoms with Crippen molar-refractivity contribution in [2.75, 3.05) is 0 Å². The van der Waals surface area contributed by atoms with Gasteiger partial charge < -0.3 is 54.7 Å². The van der Waals surface area contributed by atoms with E-state index >= 15 is 0 Å². The number of aromatic hydroxyl groups is 5. The van der Waals surface area contributed by atoms with E-state index < -0.39 is 47.3 Å². The molecule has 4 heterocycles. The third kappa shape index (κ3) is 3.19. The zero-order valence-corrected chi connectivity index (χ0v) is 21.6. The zero-order chi connectivity index (χ0) is 29.3. The highest BCUT2D eigenvalue weighted by atomic mass is 16.7. The molecule has 0 saturated carbocycles. The molecule has 12 heteroatoms. The Kier molecular flexibility index (Phi) is 4.78. The van der Waals surface area contributed by atoms with E-state index in [1.807, 2.05) is 0 Å². The Morgan fingerprint density at radius 1 is 0.833 bits per heavy atom. The molecular weight excluding hydrogens is 552 g/mol. The van der Waals surface area contributed by atoms with E-state index in [-0.39, 0.29) is 65.1 Å². The third-order valence-corrected chi connectivity index (χ3v) is 8.81. The van der Waals surface area contributed by atoms with Crippen LogP contribution in [0.3, 0.4) is 0 Å². The number of carbonyl (C=O) groups excluding carboxylic acids is 1. The molecule has 1 saturated heterocycles. The summed E-state index contributed by atoms with van der Waals surface area (Å²) in [5, 5.41) is 73.6. The van der Waals surface area contributed by atoms with Gasteiger partial charge in [-0.25, -0.2) is 0 Å². The molecule has 216 valence electrons. The van der Waals surface area contributed by atoms with Crippen LogP contribution in [0.5, 0.6) is 46.0 Å². The lowest BCUT2D eigenvalue weighted by molar-refractivity contribution is -0.290. The van der Waals surface area contributed by atoms with Crippen LogP contribution in [0.25, 0.3) is 5.57 Å². The molecule has 1 unspecified atom stereocenters. The summed E-state index contributed by atoms with van der Waals surface area (Å²) in [4.78, 5) is 13.3. The molecule has 5 aliphatic rings. The monoisotopic (exact) mass is 576 g/mol. The summed E-state index contributed by atoms with van der Waals surface area (Å²) in [6.45, 7) is 0. The Labute approximate surface area is 236 Å². The summed E-state index contributed by atoms with van der Waals surface area (Å²) >= 11 is 0. The highest BCUT2D eigenvalue weighted by Gasteiger charge is 2.69. The summed E-state index contributed by atoms with van der Waals surface area (Å²) in [6, 6.07) is 7.87. The maximum absolute atomic E-state index is 13.3. The Balaban J connectivity index is 1.28. The van der Waals surface area contributed by atoms with Crippen molar-refractivity contribution in [2.24, 2.45) is 0 Å². The van der Waals surface area contributed by atoms with Crippen molar-refractivity contribution in [3.8, 4) is 46.0 Å². The fourth-order valence-corrected chi connectivity index (χ4v) is 6.94. The topological polar surface area (TPSA) is 196 Å². The number of hydrogen-bond acceptors (Lipinski definition) is 12. The van der Waals surface area contributed by atoms with Gasteiger partial charge in [0.05, 0.1) is 18.1 Å². The molecule has 1 aliphatic carbocycles. The molecule has 0 radical (unpaired) electrons. The maximum Gasteiger partial charge on any atom is 0.235 e. The van der Waals surface area contributed by atoms with E-state index in [0.717, 1.165) is 6.07 Å². The number of phenols is 5. The minimum absolute atomic E-state index is 0.0366. The number of hydrogen-bond donors (Lipinski definition) is 7. The van der Waals surface area contributed by atoms with Crippen LogP contribution < -0.4 is 14.2 Å². The van der Waals surface area contributed by atoms with Gasteiger partial charge in [-0.15, -0.1) is 0 Å². The molecule has 42 heavy (non-hydrogen) atoms. The van der Waals surface area contributed by atoms with Crippen molar-refractivity contribution in [3.05, 3.63) is 64.7 Å². The Morgan fingerprint density at radius 2 is 1.62 bits per heavy atom. The van der Waals surface area contributed by atoms with Crippen molar-refractivity contribution in [3.63, 3.8) is 0 Å². The minimum Gasteiger partial charge on any atom is -0.508 e. The van der Waals surface area contributed by atoms with E-state index in [1.54, 1.807) is 0 Å². The van der Waals surface area contributed by atoms with Gasteiger partial charge in [-0.2, -0.15) is 0 Å². The number of phenolic OH excluding ortho intramolecular Hbond substituents is 5. The highest BCUT2D eigenvalue weighted by Crippen LogP contribution is 2.62. The Hall–Kier alpha value is -4.65. The van der Waals surface area contributed by atoms with Crippen LogP contribution in [0.2, 0.25) is 0 Å². The fraction of sp³-hybridized carbons (Fsp3) is 0.300. The van der Waals surface area contributed by atoms with Gasteiger partial charge in [0.25, 0.3) is 0 Å². The number of ketones is 1. The number of aliphatic hydroxyl groups excluding tert-OH is 1. The van der Waals surface area contributed by atoms with Crippen LogP contribution >= 0.6 is 0 Å². The molecule has 8 rings (SSSR count). The van der Waals surface area contributed by atoms with E-state index in [9.17, 15) is 40.5 Å². The van der Waals surface area contributed by atoms with Crippen molar-refractivity contribution < 1.29 is 59.5 Å². The van der Waals surface area contributed by atoms with Gasteiger partial charge in [-0.05, 0) is 23.8 Å². The number of ether oxygens (including phenoxy) is 4. The molecule has 3 aromatic rings. The fourth-order valence-electron chi connectivity index (χ4n) is 6.94. The molecule has 7 N–H and O–H groups in total. The second-order valence-corrected chi connectivity index (χ2v) is 11.4. The predicted molar refractivity (Wildman–Crippen MR) is 140 cm³/mol. The molecule has 4 aliphatic heterocycles. The summed E-state index contributed by atoms with van der Waals surface area (Å²) in [6.07, 6.45) is -3.23. The van der Waals surface area contributed by atoms with Crippen LogP contribution in [-0.2, 0) is 22.4 Å². The van der Waals surface area contributed by atoms with E-state index in [0.29, 0.717) is 22.3 Å². The SMILES string of the molecule is O=C1C=C2c3c(cc(O)c4c3O[C@H](c3ccc(O)c(O)c3)[C@@H](O)C4)OC23C[C@]1(O)O[C@H]1Cc2c(O)cc(O)cc2O[C@@H]13. The lowest BCUT2D eigenvalue weighted by Crippen LogP contribution is -2.70. The van der Waals surface area contributed by atoms with Crippen LogP contribution in [-0.4, -0.2) is 71.2 Å². The largest absolute Gasteiger partial charge is 0.508 e. The average Bonchev–Trinajstić information content (AvgIpc) is 3.22. The molecule has 1 fully saturated rings. The summed E-state index contributed by atoms with van der Waals surface area (Å²) < 4.78 is 24.9. The number of benzene rings is 3. The molecular formula is C30H24O12. The molecule has 3 aromatic carbocycles. The number of fused-ring (bicyclic) bond motifs is 7. The summed E-state index contributed by atoms with van der Waals surface area (Å²) in [5.41, 5.74) is 0.0962. The zero-order valence-electron chi connectivity index (χ0n) is 21.6. The second-order valence-electron chi connectivity index (χ2n) is 11.4. The molecule has 12 nitrogen and oxygen atoms in total. The van der Waals surface area contributed by atoms with E-state index in [2.05, 4.69) is 0 Å². The highest BCUT2D eigenvalue weighted by molar-refractivity contribution is 6.08. The molecule has 6 atom stereocenters. The first-order valence-electron chi connectivity index (χ1n) is 13.3. The lowest BCUT2D eigenvalue weighted by atomic mass is 9.69. The number of rotatable bonds is 1. The van der Waals surface area contributed by atoms with Crippen LogP contribution in [0.15, 0.2) is 42.5 Å². The van der Waals surface area contributed by atoms with Crippen molar-refractivity contribution >= 4 is 11.4 Å². The maximum atomic E-state index is 13.3. The second kappa shape index (κ2) is 8.00. The molecule has 0 amide bonds. The third-order valence-electron chi connectivity index (χ3n) is 8.81. The van der Waals surface area contributed by atoms with Gasteiger partial charge in [-0.1, -0.05) is 6.07 Å². The predicted octanol–water partition coefficient (Wildman–Crippen LogP) is 1.83. The van der Waals surface area contributed by atoms with E-state index in [1.165, 1.54) is 36.4 Å². The summed E-state index contributed by atoms with van der Waals surface area (Å²) in [5.74, 6) is -3.95. The van der Waals surface area contributed by atoms with Crippen molar-refractivity contribution in [1.29, 1.82) is 0 Å². The normalized spacial score (nSPS) is 31.7.